The van der Waals surface area contributed by atoms with Gasteiger partial charge in [-0.25, -0.2) is 0 Å². The normalized spacial score (nSPS) is 12.7. The second-order valence-corrected chi connectivity index (χ2v) is 4.13. The molecule has 1 unspecified atom stereocenters. The number of rotatable bonds is 4. The van der Waals surface area contributed by atoms with E-state index in [4.69, 9.17) is 16.3 Å². The van der Waals surface area contributed by atoms with E-state index >= 15 is 0 Å². The Kier molecular flexibility index (Phi) is 5.06. The van der Waals surface area contributed by atoms with Crippen LogP contribution in [0.1, 0.15) is 19.4 Å². The lowest BCUT2D eigenvalue weighted by atomic mass is 10.1. The first-order valence-electron chi connectivity index (χ1n) is 5.15. The number of carbonyl (C=O) groups is 1. The number of halogens is 1. The lowest BCUT2D eigenvalue weighted by Gasteiger charge is -2.05. The van der Waals surface area contributed by atoms with E-state index in [9.17, 15) is 4.79 Å². The molecule has 2 nitrogen and oxygen atoms in total. The van der Waals surface area contributed by atoms with Crippen LogP contribution >= 0.6 is 11.6 Å². The zero-order chi connectivity index (χ0) is 12.0. The lowest BCUT2D eigenvalue weighted by molar-refractivity contribution is -0.141. The average Bonchev–Trinajstić information content (AvgIpc) is 2.25. The fourth-order valence-corrected chi connectivity index (χ4v) is 1.28. The quantitative estimate of drug-likeness (QED) is 0.750. The zero-order valence-corrected chi connectivity index (χ0v) is 10.2. The number of ether oxygens (including phenoxy) is 1. The Morgan fingerprint density at radius 3 is 2.62 bits per heavy atom. The summed E-state index contributed by atoms with van der Waals surface area (Å²) in [6.45, 7) is 3.82. The number of hydrogen-bond donors (Lipinski definition) is 0. The highest BCUT2D eigenvalue weighted by atomic mass is 35.5. The van der Waals surface area contributed by atoms with E-state index in [1.54, 1.807) is 0 Å². The van der Waals surface area contributed by atoms with Crippen LogP contribution < -0.4 is 0 Å². The monoisotopic (exact) mass is 238 g/mol. The maximum absolute atomic E-state index is 10.6. The van der Waals surface area contributed by atoms with Gasteiger partial charge in [0.1, 0.15) is 0 Å². The second kappa shape index (κ2) is 6.33. The molecule has 0 spiro atoms. The van der Waals surface area contributed by atoms with Crippen LogP contribution in [0.5, 0.6) is 0 Å². The van der Waals surface area contributed by atoms with Crippen molar-refractivity contribution in [2.45, 2.75) is 13.8 Å². The van der Waals surface area contributed by atoms with E-state index in [1.807, 2.05) is 43.3 Å². The average molecular weight is 239 g/mol. The molecular weight excluding hydrogens is 224 g/mol. The van der Waals surface area contributed by atoms with Crippen molar-refractivity contribution in [3.63, 3.8) is 0 Å². The molecule has 1 aromatic rings. The molecule has 0 radical (unpaired) electrons. The molecule has 3 heteroatoms. The van der Waals surface area contributed by atoms with Gasteiger partial charge in [0.05, 0.1) is 6.61 Å². The van der Waals surface area contributed by atoms with Gasteiger partial charge in [-0.2, -0.15) is 0 Å². The van der Waals surface area contributed by atoms with Crippen molar-refractivity contribution in [2.24, 2.45) is 5.92 Å². The van der Waals surface area contributed by atoms with Crippen molar-refractivity contribution < 1.29 is 9.53 Å². The van der Waals surface area contributed by atoms with Gasteiger partial charge in [-0.05, 0) is 17.7 Å². The molecule has 0 fully saturated rings. The molecule has 16 heavy (non-hydrogen) atoms. The summed E-state index contributed by atoms with van der Waals surface area (Å²) in [7, 11) is 0. The van der Waals surface area contributed by atoms with E-state index in [2.05, 4.69) is 0 Å². The van der Waals surface area contributed by atoms with Crippen LogP contribution in [0.25, 0.3) is 6.08 Å². The summed E-state index contributed by atoms with van der Waals surface area (Å²) >= 11 is 5.78. The fourth-order valence-electron chi connectivity index (χ4n) is 1.15. The van der Waals surface area contributed by atoms with E-state index in [-0.39, 0.29) is 11.9 Å². The highest BCUT2D eigenvalue weighted by Gasteiger charge is 1.99. The third kappa shape index (κ3) is 4.99. The molecular formula is C13H15ClO2. The smallest absolute Gasteiger partial charge is 0.302 e. The third-order valence-corrected chi connectivity index (χ3v) is 2.29. The molecule has 1 aromatic carbocycles. The van der Waals surface area contributed by atoms with Gasteiger partial charge < -0.3 is 4.74 Å². The highest BCUT2D eigenvalue weighted by Crippen LogP contribution is 2.11. The maximum atomic E-state index is 10.6. The molecule has 0 aromatic heterocycles. The number of esters is 1. The van der Waals surface area contributed by atoms with E-state index in [1.165, 1.54) is 6.92 Å². The number of hydrogen-bond acceptors (Lipinski definition) is 2. The topological polar surface area (TPSA) is 26.3 Å². The van der Waals surface area contributed by atoms with Gasteiger partial charge >= 0.3 is 5.97 Å². The van der Waals surface area contributed by atoms with Gasteiger partial charge in [0, 0.05) is 17.9 Å². The van der Waals surface area contributed by atoms with Gasteiger partial charge in [0.2, 0.25) is 0 Å². The Hall–Kier alpha value is -1.28. The standard InChI is InChI=1S/C13H15ClO2/c1-10(9-16-11(2)15)3-4-12-5-7-13(14)8-6-12/h3-8,10H,9H2,1-2H3/b4-3+. The van der Waals surface area contributed by atoms with E-state index in [0.29, 0.717) is 6.61 Å². The van der Waals surface area contributed by atoms with E-state index in [0.717, 1.165) is 10.6 Å². The van der Waals surface area contributed by atoms with Gasteiger partial charge in [-0.15, -0.1) is 0 Å². The molecule has 0 aliphatic carbocycles. The minimum Gasteiger partial charge on any atom is -0.465 e. The predicted molar refractivity (Wildman–Crippen MR) is 66.3 cm³/mol. The minimum atomic E-state index is -0.244. The van der Waals surface area contributed by atoms with Crippen LogP contribution in [-0.2, 0) is 9.53 Å². The Morgan fingerprint density at radius 1 is 1.44 bits per heavy atom. The Bertz CT molecular complexity index is 368. The predicted octanol–water partition coefficient (Wildman–Crippen LogP) is 3.55. The lowest BCUT2D eigenvalue weighted by Crippen LogP contribution is -2.06. The maximum Gasteiger partial charge on any atom is 0.302 e. The molecule has 0 N–H and O–H groups in total. The summed E-state index contributed by atoms with van der Waals surface area (Å²) in [6, 6.07) is 7.57. The fraction of sp³-hybridized carbons (Fsp3) is 0.308. The highest BCUT2D eigenvalue weighted by molar-refractivity contribution is 6.30. The molecule has 0 bridgehead atoms. The van der Waals surface area contributed by atoms with Crippen molar-refractivity contribution in [1.82, 2.24) is 0 Å². The summed E-state index contributed by atoms with van der Waals surface area (Å²) in [5.74, 6) is -0.0358. The molecule has 86 valence electrons. The van der Waals surface area contributed by atoms with Gasteiger partial charge in [-0.3, -0.25) is 4.79 Å². The van der Waals surface area contributed by atoms with Crippen LogP contribution in [0.3, 0.4) is 0 Å². The SMILES string of the molecule is CC(=O)OCC(C)/C=C/c1ccc(Cl)cc1. The van der Waals surface area contributed by atoms with Crippen LogP contribution in [0.4, 0.5) is 0 Å². The number of benzene rings is 1. The Balaban J connectivity index is 2.46. The zero-order valence-electron chi connectivity index (χ0n) is 9.44. The molecule has 0 saturated carbocycles. The molecule has 0 aliphatic rings. The summed E-state index contributed by atoms with van der Waals surface area (Å²) < 4.78 is 4.90. The van der Waals surface area contributed by atoms with E-state index < -0.39 is 0 Å². The summed E-state index contributed by atoms with van der Waals surface area (Å²) in [5.41, 5.74) is 1.08. The molecule has 0 heterocycles. The van der Waals surface area contributed by atoms with Gasteiger partial charge in [-0.1, -0.05) is 42.8 Å². The number of carbonyl (C=O) groups excluding carboxylic acids is 1. The molecule has 0 aliphatic heterocycles. The van der Waals surface area contributed by atoms with Crippen LogP contribution in [0.2, 0.25) is 5.02 Å². The largest absolute Gasteiger partial charge is 0.465 e. The molecule has 0 amide bonds. The first kappa shape index (κ1) is 12.8. The van der Waals surface area contributed by atoms with Crippen molar-refractivity contribution in [2.75, 3.05) is 6.61 Å². The Morgan fingerprint density at radius 2 is 2.06 bits per heavy atom. The summed E-state index contributed by atoms with van der Waals surface area (Å²) in [6.07, 6.45) is 4.00. The van der Waals surface area contributed by atoms with Crippen LogP contribution in [0.15, 0.2) is 30.3 Å². The minimum absolute atomic E-state index is 0.208. The van der Waals surface area contributed by atoms with Gasteiger partial charge in [0.25, 0.3) is 0 Å². The van der Waals surface area contributed by atoms with Crippen LogP contribution in [-0.4, -0.2) is 12.6 Å². The summed E-state index contributed by atoms with van der Waals surface area (Å²) in [4.78, 5) is 10.6. The van der Waals surface area contributed by atoms with Crippen molar-refractivity contribution in [3.8, 4) is 0 Å². The summed E-state index contributed by atoms with van der Waals surface area (Å²) in [5, 5.41) is 0.727. The molecule has 0 saturated heterocycles. The molecule has 1 atom stereocenters. The van der Waals surface area contributed by atoms with Crippen LogP contribution in [0, 0.1) is 5.92 Å². The van der Waals surface area contributed by atoms with Crippen molar-refractivity contribution >= 4 is 23.6 Å². The second-order valence-electron chi connectivity index (χ2n) is 3.69. The first-order chi connectivity index (χ1) is 7.58. The molecule has 1 rings (SSSR count). The third-order valence-electron chi connectivity index (χ3n) is 2.04. The first-order valence-corrected chi connectivity index (χ1v) is 5.53. The Labute approximate surface area is 101 Å². The van der Waals surface area contributed by atoms with Crippen molar-refractivity contribution in [3.05, 3.63) is 40.9 Å². The van der Waals surface area contributed by atoms with Crippen molar-refractivity contribution in [1.29, 1.82) is 0 Å². The van der Waals surface area contributed by atoms with Gasteiger partial charge in [0.15, 0.2) is 0 Å².